The number of nitrogens with one attached hydrogen (secondary N) is 1. The molecule has 0 aliphatic carbocycles. The molecule has 0 atom stereocenters. The van der Waals surface area contributed by atoms with Gasteiger partial charge in [0.2, 0.25) is 0 Å². The summed E-state index contributed by atoms with van der Waals surface area (Å²) in [7, 11) is 0. The highest BCUT2D eigenvalue weighted by molar-refractivity contribution is 9.10. The first-order valence-corrected chi connectivity index (χ1v) is 6.47. The van der Waals surface area contributed by atoms with Crippen LogP contribution in [-0.4, -0.2) is 12.5 Å². The van der Waals surface area contributed by atoms with Crippen molar-refractivity contribution >= 4 is 33.2 Å². The van der Waals surface area contributed by atoms with Crippen LogP contribution in [0.2, 0.25) is 0 Å². The molecule has 2 aromatic carbocycles. The van der Waals surface area contributed by atoms with E-state index in [2.05, 4.69) is 21.2 Å². The van der Waals surface area contributed by atoms with Gasteiger partial charge in [0.1, 0.15) is 5.75 Å². The van der Waals surface area contributed by atoms with E-state index in [1.54, 1.807) is 30.3 Å². The van der Waals surface area contributed by atoms with E-state index in [4.69, 9.17) is 10.5 Å². The minimum Gasteiger partial charge on any atom is -0.482 e. The van der Waals surface area contributed by atoms with Crippen molar-refractivity contribution in [3.05, 3.63) is 53.0 Å². The van der Waals surface area contributed by atoms with Crippen molar-refractivity contribution < 1.29 is 9.53 Å². The van der Waals surface area contributed by atoms with Crippen LogP contribution in [0.4, 0.5) is 11.4 Å². The zero-order valence-corrected chi connectivity index (χ0v) is 11.7. The average Bonchev–Trinajstić information content (AvgIpc) is 2.40. The number of rotatable bonds is 4. The van der Waals surface area contributed by atoms with Gasteiger partial charge in [-0.3, -0.25) is 4.79 Å². The number of nitrogen functional groups attached to an aromatic ring is 1. The maximum absolute atomic E-state index is 11.7. The summed E-state index contributed by atoms with van der Waals surface area (Å²) in [4.78, 5) is 11.7. The Kier molecular flexibility index (Phi) is 4.41. The molecular weight excluding hydrogens is 308 g/mol. The monoisotopic (exact) mass is 320 g/mol. The number of hydrogen-bond acceptors (Lipinski definition) is 3. The summed E-state index contributed by atoms with van der Waals surface area (Å²) in [6.07, 6.45) is 0. The molecule has 0 saturated heterocycles. The Morgan fingerprint density at radius 2 is 1.84 bits per heavy atom. The minimum atomic E-state index is -0.231. The van der Waals surface area contributed by atoms with Gasteiger partial charge in [-0.15, -0.1) is 0 Å². The Balaban J connectivity index is 1.88. The molecule has 0 radical (unpaired) electrons. The lowest BCUT2D eigenvalue weighted by Crippen LogP contribution is -2.20. The van der Waals surface area contributed by atoms with Crippen LogP contribution in [0.25, 0.3) is 0 Å². The predicted molar refractivity (Wildman–Crippen MR) is 79.1 cm³/mol. The zero-order valence-electron chi connectivity index (χ0n) is 10.1. The number of amides is 1. The molecule has 0 unspecified atom stereocenters. The second-order valence-corrected chi connectivity index (χ2v) is 4.80. The van der Waals surface area contributed by atoms with Crippen molar-refractivity contribution in [2.45, 2.75) is 0 Å². The van der Waals surface area contributed by atoms with Crippen LogP contribution in [0.15, 0.2) is 53.0 Å². The van der Waals surface area contributed by atoms with Crippen LogP contribution < -0.4 is 15.8 Å². The maximum atomic E-state index is 11.7. The molecule has 0 spiro atoms. The van der Waals surface area contributed by atoms with Crippen LogP contribution in [-0.2, 0) is 4.79 Å². The second kappa shape index (κ2) is 6.24. The van der Waals surface area contributed by atoms with E-state index < -0.39 is 0 Å². The zero-order chi connectivity index (χ0) is 13.7. The van der Waals surface area contributed by atoms with Gasteiger partial charge < -0.3 is 15.8 Å². The van der Waals surface area contributed by atoms with Crippen molar-refractivity contribution in [2.75, 3.05) is 17.7 Å². The van der Waals surface area contributed by atoms with Gasteiger partial charge in [0.25, 0.3) is 5.91 Å². The van der Waals surface area contributed by atoms with Crippen LogP contribution in [0, 0.1) is 0 Å². The van der Waals surface area contributed by atoms with Crippen molar-refractivity contribution in [3.63, 3.8) is 0 Å². The van der Waals surface area contributed by atoms with Crippen molar-refractivity contribution in [2.24, 2.45) is 0 Å². The highest BCUT2D eigenvalue weighted by Gasteiger charge is 2.05. The number of carbonyl (C=O) groups is 1. The fourth-order valence-electron chi connectivity index (χ4n) is 1.49. The number of benzene rings is 2. The largest absolute Gasteiger partial charge is 0.482 e. The topological polar surface area (TPSA) is 64.3 Å². The van der Waals surface area contributed by atoms with E-state index in [-0.39, 0.29) is 12.5 Å². The highest BCUT2D eigenvalue weighted by atomic mass is 79.9. The molecule has 19 heavy (non-hydrogen) atoms. The third-order valence-electron chi connectivity index (χ3n) is 2.41. The highest BCUT2D eigenvalue weighted by Crippen LogP contribution is 2.19. The van der Waals surface area contributed by atoms with E-state index in [1.165, 1.54) is 0 Å². The summed E-state index contributed by atoms with van der Waals surface area (Å²) in [5.74, 6) is 0.277. The first-order valence-electron chi connectivity index (χ1n) is 5.68. The Morgan fingerprint density at radius 1 is 1.16 bits per heavy atom. The average molecular weight is 321 g/mol. The van der Waals surface area contributed by atoms with Gasteiger partial charge in [0.15, 0.2) is 6.61 Å². The van der Waals surface area contributed by atoms with Crippen LogP contribution in [0.1, 0.15) is 0 Å². The van der Waals surface area contributed by atoms with Gasteiger partial charge in [-0.1, -0.05) is 28.1 Å². The minimum absolute atomic E-state index is 0.0791. The first kappa shape index (κ1) is 13.4. The molecule has 0 fully saturated rings. The summed E-state index contributed by atoms with van der Waals surface area (Å²) in [5, 5.41) is 2.73. The molecule has 0 aliphatic heterocycles. The number of ether oxygens (including phenoxy) is 1. The Labute approximate surface area is 119 Å². The molecule has 0 bridgehead atoms. The molecule has 2 aromatic rings. The van der Waals surface area contributed by atoms with Gasteiger partial charge >= 0.3 is 0 Å². The van der Waals surface area contributed by atoms with Crippen LogP contribution in [0.5, 0.6) is 5.75 Å². The Bertz CT molecular complexity index is 570. The molecule has 0 aliphatic rings. The fraction of sp³-hybridized carbons (Fsp3) is 0.0714. The lowest BCUT2D eigenvalue weighted by molar-refractivity contribution is -0.118. The number of halogens is 1. The first-order chi connectivity index (χ1) is 9.15. The van der Waals surface area contributed by atoms with Gasteiger partial charge in [-0.05, 0) is 36.4 Å². The second-order valence-electron chi connectivity index (χ2n) is 3.88. The number of para-hydroxylation sites is 2. The molecule has 4 nitrogen and oxygen atoms in total. The molecule has 3 N–H and O–H groups in total. The number of hydrogen-bond donors (Lipinski definition) is 2. The van der Waals surface area contributed by atoms with Gasteiger partial charge in [-0.2, -0.15) is 0 Å². The predicted octanol–water partition coefficient (Wildman–Crippen LogP) is 3.05. The van der Waals surface area contributed by atoms with E-state index in [9.17, 15) is 4.79 Å². The molecule has 0 aromatic heterocycles. The lowest BCUT2D eigenvalue weighted by Gasteiger charge is -2.09. The quantitative estimate of drug-likeness (QED) is 0.851. The summed E-state index contributed by atoms with van der Waals surface area (Å²) in [5.41, 5.74) is 6.95. The van der Waals surface area contributed by atoms with Gasteiger partial charge in [0.05, 0.1) is 5.69 Å². The number of carbonyl (C=O) groups excluding carboxylic acids is 1. The molecule has 98 valence electrons. The normalized spacial score (nSPS) is 9.95. The van der Waals surface area contributed by atoms with E-state index in [0.29, 0.717) is 11.4 Å². The van der Waals surface area contributed by atoms with Gasteiger partial charge in [0, 0.05) is 10.2 Å². The fourth-order valence-corrected chi connectivity index (χ4v) is 1.75. The summed E-state index contributed by atoms with van der Waals surface area (Å²) in [6, 6.07) is 14.4. The Morgan fingerprint density at radius 3 is 2.53 bits per heavy atom. The van der Waals surface area contributed by atoms with Crippen molar-refractivity contribution in [1.29, 1.82) is 0 Å². The molecule has 1 amide bonds. The van der Waals surface area contributed by atoms with E-state index in [0.717, 1.165) is 10.2 Å². The summed E-state index contributed by atoms with van der Waals surface area (Å²) < 4.78 is 6.31. The molecule has 0 heterocycles. The standard InChI is InChI=1S/C14H13BrN2O2/c15-10-5-7-11(8-6-10)17-14(18)9-19-13-4-2-1-3-12(13)16/h1-8H,9,16H2,(H,17,18). The molecule has 0 saturated carbocycles. The van der Waals surface area contributed by atoms with Crippen LogP contribution >= 0.6 is 15.9 Å². The Hall–Kier alpha value is -2.01. The molecule has 5 heteroatoms. The molecule has 2 rings (SSSR count). The van der Waals surface area contributed by atoms with Gasteiger partial charge in [-0.25, -0.2) is 0 Å². The summed E-state index contributed by atoms with van der Waals surface area (Å²) >= 11 is 3.33. The van der Waals surface area contributed by atoms with Crippen molar-refractivity contribution in [1.82, 2.24) is 0 Å². The number of nitrogens with two attached hydrogens (primary N) is 1. The van der Waals surface area contributed by atoms with Crippen molar-refractivity contribution in [3.8, 4) is 5.75 Å². The van der Waals surface area contributed by atoms with E-state index >= 15 is 0 Å². The SMILES string of the molecule is Nc1ccccc1OCC(=O)Nc1ccc(Br)cc1. The van der Waals surface area contributed by atoms with E-state index in [1.807, 2.05) is 18.2 Å². The molecular formula is C14H13BrN2O2. The third-order valence-corrected chi connectivity index (χ3v) is 2.93. The summed E-state index contributed by atoms with van der Waals surface area (Å²) in [6.45, 7) is -0.0791. The maximum Gasteiger partial charge on any atom is 0.262 e. The third kappa shape index (κ3) is 3.99. The smallest absolute Gasteiger partial charge is 0.262 e. The lowest BCUT2D eigenvalue weighted by atomic mass is 10.3. The number of anilines is 2. The van der Waals surface area contributed by atoms with Crippen LogP contribution in [0.3, 0.4) is 0 Å².